The lowest BCUT2D eigenvalue weighted by Crippen LogP contribution is -2.17. The number of phenolic OH excluding ortho intramolecular Hbond substituents is 1. The highest BCUT2D eigenvalue weighted by atomic mass is 32.2. The standard InChI is InChI=1S/C21H22N4O2S/c1-2-3-6-12-28-21-23-20-18(24-25-21)16-10-4-5-11-17(16)22-19(27-20)14-8-7-9-15(26)13-14/h4-5,7-11,13,19,22,26H,2-3,6,12H2,1H3/t19-/m0/s1. The van der Waals surface area contributed by atoms with Crippen LogP contribution in [0.25, 0.3) is 11.3 Å². The summed E-state index contributed by atoms with van der Waals surface area (Å²) in [4.78, 5) is 4.63. The number of thioether (sulfide) groups is 1. The molecule has 2 heterocycles. The SMILES string of the molecule is CCCCCSc1nnc2c(n1)O[C@@H](c1cccc(O)c1)Nc1ccccc1-2. The molecule has 1 aliphatic rings. The molecule has 1 aliphatic heterocycles. The minimum atomic E-state index is -0.496. The fraction of sp³-hybridized carbons (Fsp3) is 0.286. The number of nitrogens with zero attached hydrogens (tertiary/aromatic N) is 3. The lowest BCUT2D eigenvalue weighted by molar-refractivity contribution is 0.225. The summed E-state index contributed by atoms with van der Waals surface area (Å²) >= 11 is 1.60. The number of fused-ring (bicyclic) bond motifs is 3. The normalized spacial score (nSPS) is 15.0. The molecule has 28 heavy (non-hydrogen) atoms. The maximum Gasteiger partial charge on any atom is 0.247 e. The Balaban J connectivity index is 1.69. The smallest absolute Gasteiger partial charge is 0.247 e. The number of nitrogens with one attached hydrogen (secondary N) is 1. The van der Waals surface area contributed by atoms with Gasteiger partial charge in [-0.1, -0.05) is 61.9 Å². The molecule has 0 fully saturated rings. The van der Waals surface area contributed by atoms with Gasteiger partial charge in [-0.3, -0.25) is 0 Å². The third-order valence-electron chi connectivity index (χ3n) is 4.49. The first kappa shape index (κ1) is 18.6. The number of phenols is 1. The van der Waals surface area contributed by atoms with E-state index in [1.54, 1.807) is 30.0 Å². The van der Waals surface area contributed by atoms with E-state index in [1.807, 2.05) is 30.3 Å². The average Bonchev–Trinajstić information content (AvgIpc) is 2.88. The summed E-state index contributed by atoms with van der Waals surface area (Å²) in [5.74, 6) is 1.59. The van der Waals surface area contributed by atoms with Gasteiger partial charge in [-0.2, -0.15) is 4.98 Å². The highest BCUT2D eigenvalue weighted by molar-refractivity contribution is 7.99. The summed E-state index contributed by atoms with van der Waals surface area (Å²) in [7, 11) is 0. The summed E-state index contributed by atoms with van der Waals surface area (Å²) in [6, 6.07) is 14.9. The van der Waals surface area contributed by atoms with Gasteiger partial charge in [0.1, 0.15) is 5.75 Å². The predicted octanol–water partition coefficient (Wildman–Crippen LogP) is 5.03. The van der Waals surface area contributed by atoms with Crippen LogP contribution in [0.5, 0.6) is 11.6 Å². The van der Waals surface area contributed by atoms with Crippen molar-refractivity contribution < 1.29 is 9.84 Å². The van der Waals surface area contributed by atoms with E-state index in [9.17, 15) is 5.11 Å². The van der Waals surface area contributed by atoms with E-state index in [2.05, 4.69) is 27.4 Å². The molecule has 6 nitrogen and oxygen atoms in total. The molecular formula is C21H22N4O2S. The third kappa shape index (κ3) is 4.04. The van der Waals surface area contributed by atoms with E-state index in [1.165, 1.54) is 12.8 Å². The zero-order valence-corrected chi connectivity index (χ0v) is 16.4. The van der Waals surface area contributed by atoms with Crippen LogP contribution in [0.3, 0.4) is 0 Å². The van der Waals surface area contributed by atoms with Crippen molar-refractivity contribution in [2.24, 2.45) is 0 Å². The highest BCUT2D eigenvalue weighted by Crippen LogP contribution is 2.39. The number of benzene rings is 2. The highest BCUT2D eigenvalue weighted by Gasteiger charge is 2.26. The van der Waals surface area contributed by atoms with Gasteiger partial charge in [-0.05, 0) is 24.6 Å². The van der Waals surface area contributed by atoms with Crippen LogP contribution < -0.4 is 10.1 Å². The molecule has 0 unspecified atom stereocenters. The summed E-state index contributed by atoms with van der Waals surface area (Å²) in [5, 5.41) is 22.6. The minimum absolute atomic E-state index is 0.189. The van der Waals surface area contributed by atoms with Gasteiger partial charge in [0, 0.05) is 22.6 Å². The van der Waals surface area contributed by atoms with Crippen molar-refractivity contribution in [3.63, 3.8) is 0 Å². The molecule has 3 aromatic rings. The third-order valence-corrected chi connectivity index (χ3v) is 5.41. The average molecular weight is 395 g/mol. The lowest BCUT2D eigenvalue weighted by Gasteiger charge is -2.19. The molecule has 0 aliphatic carbocycles. The molecule has 0 spiro atoms. The molecule has 0 amide bonds. The number of ether oxygens (including phenoxy) is 1. The van der Waals surface area contributed by atoms with E-state index in [-0.39, 0.29) is 5.75 Å². The quantitative estimate of drug-likeness (QED) is 0.448. The van der Waals surface area contributed by atoms with Crippen LogP contribution in [0.2, 0.25) is 0 Å². The van der Waals surface area contributed by atoms with Crippen LogP contribution in [0.15, 0.2) is 53.7 Å². The molecule has 144 valence electrons. The second-order valence-corrected chi connectivity index (χ2v) is 7.65. The number of aromatic nitrogens is 3. The van der Waals surface area contributed by atoms with Crippen LogP contribution in [0.4, 0.5) is 5.69 Å². The van der Waals surface area contributed by atoms with Crippen molar-refractivity contribution in [2.45, 2.75) is 37.6 Å². The first-order chi connectivity index (χ1) is 13.7. The van der Waals surface area contributed by atoms with E-state index in [4.69, 9.17) is 4.74 Å². The van der Waals surface area contributed by atoms with Crippen molar-refractivity contribution in [1.29, 1.82) is 0 Å². The van der Waals surface area contributed by atoms with Gasteiger partial charge in [0.2, 0.25) is 11.0 Å². The van der Waals surface area contributed by atoms with E-state index in [0.717, 1.165) is 29.0 Å². The number of unbranched alkanes of at least 4 members (excludes halogenated alkanes) is 2. The Labute approximate surface area is 168 Å². The molecule has 0 saturated heterocycles. The van der Waals surface area contributed by atoms with Gasteiger partial charge in [-0.25, -0.2) is 0 Å². The molecule has 0 saturated carbocycles. The molecule has 0 bridgehead atoms. The zero-order chi connectivity index (χ0) is 19.3. The van der Waals surface area contributed by atoms with Crippen LogP contribution in [0, 0.1) is 0 Å². The minimum Gasteiger partial charge on any atom is -0.508 e. The summed E-state index contributed by atoms with van der Waals surface area (Å²) in [6.07, 6.45) is 3.00. The van der Waals surface area contributed by atoms with Gasteiger partial charge >= 0.3 is 0 Å². The lowest BCUT2D eigenvalue weighted by atomic mass is 10.1. The van der Waals surface area contributed by atoms with Gasteiger partial charge in [0.25, 0.3) is 0 Å². The number of hydrogen-bond acceptors (Lipinski definition) is 7. The van der Waals surface area contributed by atoms with Crippen molar-refractivity contribution in [1.82, 2.24) is 15.2 Å². The van der Waals surface area contributed by atoms with Crippen molar-refractivity contribution >= 4 is 17.4 Å². The molecule has 1 atom stereocenters. The fourth-order valence-corrected chi connectivity index (χ4v) is 3.84. The number of hydrogen-bond donors (Lipinski definition) is 2. The molecule has 2 N–H and O–H groups in total. The van der Waals surface area contributed by atoms with Crippen LogP contribution >= 0.6 is 11.8 Å². The van der Waals surface area contributed by atoms with Crippen molar-refractivity contribution in [3.05, 3.63) is 54.1 Å². The first-order valence-electron chi connectivity index (χ1n) is 9.43. The maximum absolute atomic E-state index is 9.86. The molecule has 0 radical (unpaired) electrons. The largest absolute Gasteiger partial charge is 0.508 e. The second kappa shape index (κ2) is 8.48. The molecule has 4 rings (SSSR count). The number of rotatable bonds is 6. The van der Waals surface area contributed by atoms with E-state index >= 15 is 0 Å². The number of anilines is 1. The topological polar surface area (TPSA) is 80.2 Å². The van der Waals surface area contributed by atoms with Gasteiger partial charge in [0.05, 0.1) is 0 Å². The zero-order valence-electron chi connectivity index (χ0n) is 15.6. The van der Waals surface area contributed by atoms with Crippen LogP contribution in [0.1, 0.15) is 38.0 Å². The van der Waals surface area contributed by atoms with E-state index < -0.39 is 6.23 Å². The Morgan fingerprint density at radius 2 is 2.00 bits per heavy atom. The summed E-state index contributed by atoms with van der Waals surface area (Å²) in [6.45, 7) is 2.19. The summed E-state index contributed by atoms with van der Waals surface area (Å²) in [5.41, 5.74) is 3.19. The molecule has 2 aromatic carbocycles. The van der Waals surface area contributed by atoms with Crippen molar-refractivity contribution in [3.8, 4) is 22.9 Å². The van der Waals surface area contributed by atoms with Crippen LogP contribution in [-0.2, 0) is 0 Å². The van der Waals surface area contributed by atoms with Gasteiger partial charge < -0.3 is 15.2 Å². The van der Waals surface area contributed by atoms with Crippen LogP contribution in [-0.4, -0.2) is 26.0 Å². The number of para-hydroxylation sites is 1. The Morgan fingerprint density at radius 3 is 2.86 bits per heavy atom. The monoisotopic (exact) mass is 394 g/mol. The predicted molar refractivity (Wildman–Crippen MR) is 111 cm³/mol. The Bertz CT molecular complexity index is 967. The molecular weight excluding hydrogens is 372 g/mol. The Hall–Kier alpha value is -2.80. The first-order valence-corrected chi connectivity index (χ1v) is 10.4. The van der Waals surface area contributed by atoms with Gasteiger partial charge in [0.15, 0.2) is 11.9 Å². The molecule has 7 heteroatoms. The summed E-state index contributed by atoms with van der Waals surface area (Å²) < 4.78 is 6.20. The van der Waals surface area contributed by atoms with Crippen molar-refractivity contribution in [2.75, 3.05) is 11.1 Å². The Morgan fingerprint density at radius 1 is 1.11 bits per heavy atom. The van der Waals surface area contributed by atoms with E-state index in [0.29, 0.717) is 16.7 Å². The number of aromatic hydroxyl groups is 1. The Kier molecular flexibility index (Phi) is 5.62. The second-order valence-electron chi connectivity index (χ2n) is 6.59. The maximum atomic E-state index is 9.86. The van der Waals surface area contributed by atoms with Gasteiger partial charge in [-0.15, -0.1) is 10.2 Å². The molecule has 1 aromatic heterocycles. The fourth-order valence-electron chi connectivity index (χ4n) is 3.06.